The zero-order valence-electron chi connectivity index (χ0n) is 11.2. The molecule has 1 saturated heterocycles. The van der Waals surface area contributed by atoms with Crippen molar-refractivity contribution in [1.29, 1.82) is 0 Å². The van der Waals surface area contributed by atoms with E-state index >= 15 is 0 Å². The third kappa shape index (κ3) is 2.80. The molecule has 0 spiro atoms. The largest absolute Gasteiger partial charge is 0.371 e. The summed E-state index contributed by atoms with van der Waals surface area (Å²) in [5, 5.41) is 0.466. The summed E-state index contributed by atoms with van der Waals surface area (Å²) >= 11 is 5.81. The summed E-state index contributed by atoms with van der Waals surface area (Å²) in [4.78, 5) is 2.37. The molecule has 0 aromatic heterocycles. The molecule has 1 aliphatic heterocycles. The zero-order chi connectivity index (χ0) is 13.9. The van der Waals surface area contributed by atoms with Gasteiger partial charge in [0.15, 0.2) is 0 Å². The number of halogens is 2. The van der Waals surface area contributed by atoms with Crippen LogP contribution in [0.5, 0.6) is 0 Å². The van der Waals surface area contributed by atoms with E-state index < -0.39 is 0 Å². The molecule has 0 unspecified atom stereocenters. The summed E-state index contributed by atoms with van der Waals surface area (Å²) in [5.74, 6) is 0.128. The fourth-order valence-corrected chi connectivity index (χ4v) is 3.08. The number of benzene rings is 2. The molecule has 0 N–H and O–H groups in total. The van der Waals surface area contributed by atoms with Gasteiger partial charge in [-0.25, -0.2) is 4.39 Å². The summed E-state index contributed by atoms with van der Waals surface area (Å²) in [6.07, 6.45) is 1.96. The Morgan fingerprint density at radius 2 is 1.70 bits per heavy atom. The lowest BCUT2D eigenvalue weighted by Crippen LogP contribution is -2.33. The van der Waals surface area contributed by atoms with E-state index in [0.29, 0.717) is 10.9 Å². The highest BCUT2D eigenvalue weighted by molar-refractivity contribution is 6.30. The van der Waals surface area contributed by atoms with E-state index in [9.17, 15) is 4.39 Å². The molecule has 1 nitrogen and oxygen atoms in total. The van der Waals surface area contributed by atoms with Crippen LogP contribution in [-0.4, -0.2) is 13.1 Å². The summed E-state index contributed by atoms with van der Waals surface area (Å²) in [6.45, 7) is 1.94. The van der Waals surface area contributed by atoms with Crippen LogP contribution in [0.3, 0.4) is 0 Å². The lowest BCUT2D eigenvalue weighted by molar-refractivity contribution is 0.482. The van der Waals surface area contributed by atoms with Crippen LogP contribution in [-0.2, 0) is 0 Å². The van der Waals surface area contributed by atoms with Crippen LogP contribution in [0.1, 0.15) is 24.3 Å². The van der Waals surface area contributed by atoms with Crippen molar-refractivity contribution in [1.82, 2.24) is 0 Å². The van der Waals surface area contributed by atoms with Gasteiger partial charge >= 0.3 is 0 Å². The second-order valence-corrected chi connectivity index (χ2v) is 5.70. The van der Waals surface area contributed by atoms with Gasteiger partial charge in [0, 0.05) is 23.8 Å². The molecule has 104 valence electrons. The van der Waals surface area contributed by atoms with Gasteiger partial charge in [-0.05, 0) is 48.6 Å². The molecule has 0 aliphatic carbocycles. The van der Waals surface area contributed by atoms with Crippen LogP contribution in [0.4, 0.5) is 10.1 Å². The van der Waals surface area contributed by atoms with Crippen molar-refractivity contribution in [3.8, 4) is 0 Å². The maximum absolute atomic E-state index is 14.0. The van der Waals surface area contributed by atoms with Crippen LogP contribution < -0.4 is 4.90 Å². The van der Waals surface area contributed by atoms with Gasteiger partial charge in [-0.3, -0.25) is 0 Å². The Hall–Kier alpha value is -1.54. The number of piperidine rings is 1. The second kappa shape index (κ2) is 5.84. The van der Waals surface area contributed by atoms with E-state index in [1.165, 1.54) is 11.8 Å². The molecule has 0 amide bonds. The minimum absolute atomic E-state index is 0.171. The Labute approximate surface area is 124 Å². The van der Waals surface area contributed by atoms with E-state index in [1.54, 1.807) is 6.07 Å². The molecule has 0 bridgehead atoms. The van der Waals surface area contributed by atoms with Crippen molar-refractivity contribution in [3.63, 3.8) is 0 Å². The number of nitrogens with zero attached hydrogens (tertiary/aromatic N) is 1. The van der Waals surface area contributed by atoms with Gasteiger partial charge < -0.3 is 4.90 Å². The highest BCUT2D eigenvalue weighted by Crippen LogP contribution is 2.32. The monoisotopic (exact) mass is 289 g/mol. The fraction of sp³-hybridized carbons (Fsp3) is 0.294. The van der Waals surface area contributed by atoms with Crippen molar-refractivity contribution in [2.24, 2.45) is 0 Å². The van der Waals surface area contributed by atoms with Gasteiger partial charge in [-0.1, -0.05) is 35.9 Å². The van der Waals surface area contributed by atoms with E-state index in [2.05, 4.69) is 29.2 Å². The van der Waals surface area contributed by atoms with Gasteiger partial charge in [0.2, 0.25) is 0 Å². The lowest BCUT2D eigenvalue weighted by Gasteiger charge is -2.34. The van der Waals surface area contributed by atoms with Gasteiger partial charge in [-0.15, -0.1) is 0 Å². The average molecular weight is 290 g/mol. The quantitative estimate of drug-likeness (QED) is 0.763. The minimum atomic E-state index is -0.171. The molecular formula is C17H17ClFN. The van der Waals surface area contributed by atoms with Crippen LogP contribution in [0.15, 0.2) is 48.5 Å². The highest BCUT2D eigenvalue weighted by atomic mass is 35.5. The molecule has 0 radical (unpaired) electrons. The first-order valence-electron chi connectivity index (χ1n) is 6.99. The molecule has 3 heteroatoms. The fourth-order valence-electron chi connectivity index (χ4n) is 2.92. The molecule has 2 aromatic carbocycles. The van der Waals surface area contributed by atoms with E-state index in [0.717, 1.165) is 31.5 Å². The minimum Gasteiger partial charge on any atom is -0.371 e. The summed E-state index contributed by atoms with van der Waals surface area (Å²) < 4.78 is 14.0. The Morgan fingerprint density at radius 1 is 1.00 bits per heavy atom. The topological polar surface area (TPSA) is 3.24 Å². The van der Waals surface area contributed by atoms with Crippen LogP contribution in [0.25, 0.3) is 0 Å². The standard InChI is InChI=1S/C17H17ClFN/c18-14-6-7-16(17(19)12-14)13-8-10-20(11-9-13)15-4-2-1-3-5-15/h1-7,12-13H,8-11H2. The first kappa shape index (κ1) is 13.4. The van der Waals surface area contributed by atoms with Gasteiger partial charge in [-0.2, -0.15) is 0 Å². The predicted molar refractivity (Wildman–Crippen MR) is 82.0 cm³/mol. The molecule has 3 rings (SSSR count). The van der Waals surface area contributed by atoms with Crippen molar-refractivity contribution < 1.29 is 4.39 Å². The van der Waals surface area contributed by atoms with Crippen LogP contribution in [0.2, 0.25) is 5.02 Å². The SMILES string of the molecule is Fc1cc(Cl)ccc1C1CCN(c2ccccc2)CC1. The Morgan fingerprint density at radius 3 is 2.35 bits per heavy atom. The van der Waals surface area contributed by atoms with Crippen molar-refractivity contribution >= 4 is 17.3 Å². The van der Waals surface area contributed by atoms with Crippen molar-refractivity contribution in [3.05, 3.63) is 64.9 Å². The Kier molecular flexibility index (Phi) is 3.93. The number of hydrogen-bond donors (Lipinski definition) is 0. The van der Waals surface area contributed by atoms with Crippen molar-refractivity contribution in [2.45, 2.75) is 18.8 Å². The summed E-state index contributed by atoms with van der Waals surface area (Å²) in [7, 11) is 0. The average Bonchev–Trinajstić information content (AvgIpc) is 2.48. The predicted octanol–water partition coefficient (Wildman–Crippen LogP) is 4.86. The van der Waals surface area contributed by atoms with Gasteiger partial charge in [0.05, 0.1) is 0 Å². The highest BCUT2D eigenvalue weighted by Gasteiger charge is 2.22. The first-order chi connectivity index (χ1) is 9.74. The normalized spacial score (nSPS) is 16.4. The molecule has 0 saturated carbocycles. The maximum atomic E-state index is 14.0. The van der Waals surface area contributed by atoms with Gasteiger partial charge in [0.25, 0.3) is 0 Å². The van der Waals surface area contributed by atoms with Gasteiger partial charge in [0.1, 0.15) is 5.82 Å². The van der Waals surface area contributed by atoms with Crippen LogP contribution in [0, 0.1) is 5.82 Å². The third-order valence-corrected chi connectivity index (χ3v) is 4.25. The zero-order valence-corrected chi connectivity index (χ0v) is 12.0. The molecule has 0 atom stereocenters. The maximum Gasteiger partial charge on any atom is 0.128 e. The van der Waals surface area contributed by atoms with E-state index in [-0.39, 0.29) is 5.82 Å². The van der Waals surface area contributed by atoms with Crippen molar-refractivity contribution in [2.75, 3.05) is 18.0 Å². The number of para-hydroxylation sites is 1. The molecule has 1 fully saturated rings. The number of anilines is 1. The second-order valence-electron chi connectivity index (χ2n) is 5.26. The molecule has 1 heterocycles. The van der Waals surface area contributed by atoms with Crippen LogP contribution >= 0.6 is 11.6 Å². The molecular weight excluding hydrogens is 273 g/mol. The summed E-state index contributed by atoms with van der Waals surface area (Å²) in [5.41, 5.74) is 2.06. The Balaban J connectivity index is 1.69. The summed E-state index contributed by atoms with van der Waals surface area (Å²) in [6, 6.07) is 15.4. The first-order valence-corrected chi connectivity index (χ1v) is 7.37. The van der Waals surface area contributed by atoms with E-state index in [4.69, 9.17) is 11.6 Å². The molecule has 20 heavy (non-hydrogen) atoms. The molecule has 1 aliphatic rings. The lowest BCUT2D eigenvalue weighted by atomic mass is 9.89. The molecule has 2 aromatic rings. The Bertz CT molecular complexity index is 577. The smallest absolute Gasteiger partial charge is 0.128 e. The van der Waals surface area contributed by atoms with E-state index in [1.807, 2.05) is 12.1 Å². The number of rotatable bonds is 2. The number of hydrogen-bond acceptors (Lipinski definition) is 1. The third-order valence-electron chi connectivity index (χ3n) is 4.02.